The van der Waals surface area contributed by atoms with E-state index < -0.39 is 11.5 Å². The van der Waals surface area contributed by atoms with Gasteiger partial charge in [-0.25, -0.2) is 4.98 Å². The van der Waals surface area contributed by atoms with E-state index in [2.05, 4.69) is 10.3 Å². The summed E-state index contributed by atoms with van der Waals surface area (Å²) in [6.07, 6.45) is 0.975. The van der Waals surface area contributed by atoms with Crippen LogP contribution in [0.5, 0.6) is 0 Å². The summed E-state index contributed by atoms with van der Waals surface area (Å²) in [5.41, 5.74) is 0.169. The lowest BCUT2D eigenvalue weighted by Gasteiger charge is -2.21. The summed E-state index contributed by atoms with van der Waals surface area (Å²) in [4.78, 5) is 16.1. The number of aromatic nitrogens is 1. The standard InChI is InChI=1S/C14H22N2O2/c1-9(2)11(17)10-7-6-8-15-12(10)16-13(18)14(3,4)5/h6-9,11,17H,1-5H3,(H,15,16,18). The summed E-state index contributed by atoms with van der Waals surface area (Å²) in [5.74, 6) is 0.400. The van der Waals surface area contributed by atoms with E-state index in [0.717, 1.165) is 0 Å². The summed E-state index contributed by atoms with van der Waals surface area (Å²) in [6, 6.07) is 3.55. The largest absolute Gasteiger partial charge is 0.388 e. The first kappa shape index (κ1) is 14.6. The Morgan fingerprint density at radius 2 is 2.00 bits per heavy atom. The highest BCUT2D eigenvalue weighted by molar-refractivity contribution is 5.94. The zero-order chi connectivity index (χ0) is 13.9. The Balaban J connectivity index is 3.00. The molecule has 4 nitrogen and oxygen atoms in total. The van der Waals surface area contributed by atoms with Gasteiger partial charge in [-0.1, -0.05) is 40.7 Å². The number of amides is 1. The van der Waals surface area contributed by atoms with Crippen LogP contribution in [-0.4, -0.2) is 16.0 Å². The Morgan fingerprint density at radius 1 is 1.39 bits per heavy atom. The number of pyridine rings is 1. The third-order valence-electron chi connectivity index (χ3n) is 2.70. The molecular weight excluding hydrogens is 228 g/mol. The molecule has 0 saturated carbocycles. The lowest BCUT2D eigenvalue weighted by Crippen LogP contribution is -2.29. The highest BCUT2D eigenvalue weighted by Crippen LogP contribution is 2.27. The number of nitrogens with one attached hydrogen (secondary N) is 1. The summed E-state index contributed by atoms with van der Waals surface area (Å²) >= 11 is 0. The minimum Gasteiger partial charge on any atom is -0.388 e. The molecule has 0 radical (unpaired) electrons. The average Bonchev–Trinajstić information content (AvgIpc) is 2.27. The maximum Gasteiger partial charge on any atom is 0.230 e. The van der Waals surface area contributed by atoms with E-state index in [9.17, 15) is 9.90 Å². The number of carbonyl (C=O) groups is 1. The fourth-order valence-electron chi connectivity index (χ4n) is 1.42. The van der Waals surface area contributed by atoms with Crippen LogP contribution in [0.1, 0.15) is 46.3 Å². The van der Waals surface area contributed by atoms with Crippen LogP contribution in [0, 0.1) is 11.3 Å². The molecular formula is C14H22N2O2. The van der Waals surface area contributed by atoms with Crippen LogP contribution in [0.15, 0.2) is 18.3 Å². The van der Waals surface area contributed by atoms with E-state index >= 15 is 0 Å². The number of hydrogen-bond acceptors (Lipinski definition) is 3. The third-order valence-corrected chi connectivity index (χ3v) is 2.70. The van der Waals surface area contributed by atoms with Crippen molar-refractivity contribution in [3.8, 4) is 0 Å². The van der Waals surface area contributed by atoms with Crippen LogP contribution < -0.4 is 5.32 Å². The Kier molecular flexibility index (Phi) is 4.46. The zero-order valence-corrected chi connectivity index (χ0v) is 11.7. The second kappa shape index (κ2) is 5.48. The van der Waals surface area contributed by atoms with Crippen molar-refractivity contribution in [3.63, 3.8) is 0 Å². The van der Waals surface area contributed by atoms with Gasteiger partial charge in [-0.15, -0.1) is 0 Å². The van der Waals surface area contributed by atoms with Crippen LogP contribution in [-0.2, 0) is 4.79 Å². The van der Waals surface area contributed by atoms with E-state index in [1.54, 1.807) is 18.3 Å². The number of aliphatic hydroxyl groups excluding tert-OH is 1. The van der Waals surface area contributed by atoms with Gasteiger partial charge in [0, 0.05) is 17.2 Å². The molecule has 1 heterocycles. The Labute approximate surface area is 108 Å². The van der Waals surface area contributed by atoms with E-state index in [1.165, 1.54) is 0 Å². The molecule has 0 spiro atoms. The highest BCUT2D eigenvalue weighted by atomic mass is 16.3. The lowest BCUT2D eigenvalue weighted by molar-refractivity contribution is -0.123. The lowest BCUT2D eigenvalue weighted by atomic mass is 9.95. The van der Waals surface area contributed by atoms with E-state index in [0.29, 0.717) is 11.4 Å². The fourth-order valence-corrected chi connectivity index (χ4v) is 1.42. The summed E-state index contributed by atoms with van der Waals surface area (Å²) in [5, 5.41) is 12.9. The van der Waals surface area contributed by atoms with Gasteiger partial charge < -0.3 is 10.4 Å². The number of anilines is 1. The molecule has 1 amide bonds. The molecule has 18 heavy (non-hydrogen) atoms. The molecule has 0 aromatic carbocycles. The first-order valence-corrected chi connectivity index (χ1v) is 6.18. The van der Waals surface area contributed by atoms with Crippen LogP contribution in [0.2, 0.25) is 0 Å². The fraction of sp³-hybridized carbons (Fsp3) is 0.571. The molecule has 0 fully saturated rings. The molecule has 0 saturated heterocycles. The van der Waals surface area contributed by atoms with Gasteiger partial charge in [0.05, 0.1) is 6.10 Å². The van der Waals surface area contributed by atoms with Crippen molar-refractivity contribution in [1.29, 1.82) is 0 Å². The van der Waals surface area contributed by atoms with E-state index in [-0.39, 0.29) is 11.8 Å². The molecule has 1 aromatic heterocycles. The topological polar surface area (TPSA) is 62.2 Å². The third kappa shape index (κ3) is 3.53. The number of rotatable bonds is 3. The highest BCUT2D eigenvalue weighted by Gasteiger charge is 2.24. The molecule has 0 bridgehead atoms. The smallest absolute Gasteiger partial charge is 0.230 e. The number of hydrogen-bond donors (Lipinski definition) is 2. The van der Waals surface area contributed by atoms with Crippen LogP contribution >= 0.6 is 0 Å². The molecule has 0 aliphatic carbocycles. The molecule has 0 aliphatic heterocycles. The predicted molar refractivity (Wildman–Crippen MR) is 72.1 cm³/mol. The van der Waals surface area contributed by atoms with Gasteiger partial charge in [-0.05, 0) is 12.0 Å². The maximum atomic E-state index is 11.9. The van der Waals surface area contributed by atoms with Crippen molar-refractivity contribution < 1.29 is 9.90 Å². The van der Waals surface area contributed by atoms with E-state index in [4.69, 9.17) is 0 Å². The number of carbonyl (C=O) groups excluding carboxylic acids is 1. The van der Waals surface area contributed by atoms with Gasteiger partial charge in [0.2, 0.25) is 5.91 Å². The number of nitrogens with zero attached hydrogens (tertiary/aromatic N) is 1. The first-order chi connectivity index (χ1) is 8.23. The summed E-state index contributed by atoms with van der Waals surface area (Å²) in [6.45, 7) is 9.36. The van der Waals surface area contributed by atoms with Gasteiger partial charge in [0.1, 0.15) is 5.82 Å². The van der Waals surface area contributed by atoms with Gasteiger partial charge in [-0.2, -0.15) is 0 Å². The molecule has 4 heteroatoms. The van der Waals surface area contributed by atoms with Crippen LogP contribution in [0.4, 0.5) is 5.82 Å². The molecule has 100 valence electrons. The second-order valence-electron chi connectivity index (χ2n) is 5.83. The number of aliphatic hydroxyl groups is 1. The van der Waals surface area contributed by atoms with Gasteiger partial charge in [0.25, 0.3) is 0 Å². The molecule has 1 rings (SSSR count). The SMILES string of the molecule is CC(C)C(O)c1cccnc1NC(=O)C(C)(C)C. The van der Waals surface area contributed by atoms with E-state index in [1.807, 2.05) is 34.6 Å². The minimum atomic E-state index is -0.631. The quantitative estimate of drug-likeness (QED) is 0.867. The van der Waals surface area contributed by atoms with Crippen molar-refractivity contribution in [2.24, 2.45) is 11.3 Å². The van der Waals surface area contributed by atoms with Crippen LogP contribution in [0.3, 0.4) is 0 Å². The molecule has 1 atom stereocenters. The minimum absolute atomic E-state index is 0.0690. The summed E-state index contributed by atoms with van der Waals surface area (Å²) < 4.78 is 0. The van der Waals surface area contributed by atoms with Crippen molar-refractivity contribution in [1.82, 2.24) is 4.98 Å². The Bertz CT molecular complexity index is 422. The van der Waals surface area contributed by atoms with Gasteiger partial charge in [-0.3, -0.25) is 4.79 Å². The first-order valence-electron chi connectivity index (χ1n) is 6.18. The van der Waals surface area contributed by atoms with Gasteiger partial charge >= 0.3 is 0 Å². The molecule has 2 N–H and O–H groups in total. The monoisotopic (exact) mass is 250 g/mol. The normalized spacial score (nSPS) is 13.5. The molecule has 0 aliphatic rings. The predicted octanol–water partition coefficient (Wildman–Crippen LogP) is 2.76. The van der Waals surface area contributed by atoms with Crippen molar-refractivity contribution in [3.05, 3.63) is 23.9 Å². The van der Waals surface area contributed by atoms with Crippen molar-refractivity contribution >= 4 is 11.7 Å². The molecule has 1 aromatic rings. The average molecular weight is 250 g/mol. The van der Waals surface area contributed by atoms with Crippen LogP contribution in [0.25, 0.3) is 0 Å². The van der Waals surface area contributed by atoms with Gasteiger partial charge in [0.15, 0.2) is 0 Å². The Morgan fingerprint density at radius 3 is 2.50 bits per heavy atom. The van der Waals surface area contributed by atoms with Crippen molar-refractivity contribution in [2.75, 3.05) is 5.32 Å². The second-order valence-corrected chi connectivity index (χ2v) is 5.83. The maximum absolute atomic E-state index is 11.9. The molecule has 1 unspecified atom stereocenters. The zero-order valence-electron chi connectivity index (χ0n) is 11.7. The Hall–Kier alpha value is -1.42. The summed E-state index contributed by atoms with van der Waals surface area (Å²) in [7, 11) is 0. The van der Waals surface area contributed by atoms with Crippen molar-refractivity contribution in [2.45, 2.75) is 40.7 Å².